The molecule has 1 aliphatic heterocycles. The van der Waals surface area contributed by atoms with Gasteiger partial charge in [0.15, 0.2) is 18.1 Å². The molecule has 6 nitrogen and oxygen atoms in total. The molecule has 0 spiro atoms. The molecule has 1 N–H and O–H groups in total. The van der Waals surface area contributed by atoms with E-state index in [4.69, 9.17) is 37.4 Å². The lowest BCUT2D eigenvalue weighted by atomic mass is 10.2. The minimum absolute atomic E-state index is 0.0270. The number of ether oxygens (including phenoxy) is 3. The molecule has 1 heterocycles. The molecule has 0 bridgehead atoms. The van der Waals surface area contributed by atoms with Crippen LogP contribution in [0.15, 0.2) is 36.4 Å². The van der Waals surface area contributed by atoms with Gasteiger partial charge in [-0.25, -0.2) is 4.79 Å². The Balaban J connectivity index is 1.59. The lowest BCUT2D eigenvalue weighted by molar-refractivity contribution is -0.119. The zero-order valence-electron chi connectivity index (χ0n) is 13.6. The first kappa shape index (κ1) is 18.4. The van der Waals surface area contributed by atoms with Gasteiger partial charge in [-0.3, -0.25) is 4.79 Å². The van der Waals surface area contributed by atoms with Gasteiger partial charge in [0.25, 0.3) is 5.91 Å². The van der Waals surface area contributed by atoms with Crippen LogP contribution in [0, 0.1) is 0 Å². The summed E-state index contributed by atoms with van der Waals surface area (Å²) >= 11 is 11.9. The molecular formula is C18H15Cl2NO5. The van der Waals surface area contributed by atoms with Crippen LogP contribution in [-0.2, 0) is 9.53 Å². The van der Waals surface area contributed by atoms with Crippen LogP contribution in [0.3, 0.4) is 0 Å². The second-order valence-corrected chi connectivity index (χ2v) is 6.25. The fourth-order valence-corrected chi connectivity index (χ4v) is 2.89. The molecule has 2 aromatic carbocycles. The number of carbonyl (C=O) groups excluding carboxylic acids is 2. The van der Waals surface area contributed by atoms with Crippen molar-refractivity contribution in [2.24, 2.45) is 0 Å². The number of nitrogens with one attached hydrogen (secondary N) is 1. The Morgan fingerprint density at radius 1 is 1.04 bits per heavy atom. The number of rotatable bonds is 4. The van der Waals surface area contributed by atoms with E-state index in [1.54, 1.807) is 24.3 Å². The highest BCUT2D eigenvalue weighted by Gasteiger charge is 2.18. The van der Waals surface area contributed by atoms with E-state index >= 15 is 0 Å². The molecule has 0 atom stereocenters. The summed E-state index contributed by atoms with van der Waals surface area (Å²) in [5.74, 6) is -0.0918. The number of amides is 1. The Bertz CT molecular complexity index is 820. The van der Waals surface area contributed by atoms with Crippen LogP contribution < -0.4 is 14.8 Å². The van der Waals surface area contributed by atoms with Gasteiger partial charge in [-0.2, -0.15) is 0 Å². The third-order valence-corrected chi connectivity index (χ3v) is 4.16. The maximum atomic E-state index is 12.1. The molecule has 0 fully saturated rings. The minimum Gasteiger partial charge on any atom is -0.490 e. The number of benzene rings is 2. The predicted octanol–water partition coefficient (Wildman–Crippen LogP) is 3.95. The first-order valence-electron chi connectivity index (χ1n) is 7.85. The van der Waals surface area contributed by atoms with Crippen molar-refractivity contribution < 1.29 is 23.8 Å². The fraction of sp³-hybridized carbons (Fsp3) is 0.222. The molecule has 0 unspecified atom stereocenters. The third-order valence-electron chi connectivity index (χ3n) is 3.53. The Morgan fingerprint density at radius 2 is 1.73 bits per heavy atom. The highest BCUT2D eigenvalue weighted by Crippen LogP contribution is 2.32. The van der Waals surface area contributed by atoms with Gasteiger partial charge in [0.2, 0.25) is 0 Å². The van der Waals surface area contributed by atoms with Crippen LogP contribution in [0.4, 0.5) is 5.69 Å². The highest BCUT2D eigenvalue weighted by molar-refractivity contribution is 6.39. The molecule has 2 aromatic rings. The van der Waals surface area contributed by atoms with Crippen LogP contribution in [0.5, 0.6) is 11.5 Å². The minimum atomic E-state index is -0.769. The molecule has 0 aliphatic carbocycles. The van der Waals surface area contributed by atoms with Crippen LogP contribution in [0.2, 0.25) is 10.0 Å². The lowest BCUT2D eigenvalue weighted by Gasteiger charge is -2.11. The van der Waals surface area contributed by atoms with Gasteiger partial charge >= 0.3 is 5.97 Å². The number of fused-ring (bicyclic) bond motifs is 1. The average molecular weight is 396 g/mol. The number of hydrogen-bond acceptors (Lipinski definition) is 5. The number of carbonyl (C=O) groups is 2. The molecule has 8 heteroatoms. The monoisotopic (exact) mass is 395 g/mol. The summed E-state index contributed by atoms with van der Waals surface area (Å²) in [5.41, 5.74) is 0.533. The predicted molar refractivity (Wildman–Crippen MR) is 97.4 cm³/mol. The van der Waals surface area contributed by atoms with Crippen LogP contribution in [0.1, 0.15) is 16.8 Å². The van der Waals surface area contributed by atoms with E-state index in [2.05, 4.69) is 5.32 Å². The van der Waals surface area contributed by atoms with Crippen LogP contribution >= 0.6 is 23.2 Å². The Labute approximate surface area is 159 Å². The summed E-state index contributed by atoms with van der Waals surface area (Å²) < 4.78 is 16.1. The quantitative estimate of drug-likeness (QED) is 0.793. The van der Waals surface area contributed by atoms with E-state index in [9.17, 15) is 9.59 Å². The molecule has 0 saturated carbocycles. The molecule has 1 aliphatic rings. The largest absolute Gasteiger partial charge is 0.490 e. The van der Waals surface area contributed by atoms with Crippen molar-refractivity contribution in [3.8, 4) is 11.5 Å². The molecule has 0 saturated heterocycles. The fourth-order valence-electron chi connectivity index (χ4n) is 2.33. The van der Waals surface area contributed by atoms with E-state index in [0.717, 1.165) is 6.42 Å². The third kappa shape index (κ3) is 4.39. The molecule has 1 amide bonds. The van der Waals surface area contributed by atoms with Gasteiger partial charge in [0.05, 0.1) is 28.8 Å². The van der Waals surface area contributed by atoms with Crippen molar-refractivity contribution in [2.45, 2.75) is 6.42 Å². The van der Waals surface area contributed by atoms with E-state index in [-0.39, 0.29) is 15.6 Å². The summed E-state index contributed by atoms with van der Waals surface area (Å²) in [7, 11) is 0. The molecule has 26 heavy (non-hydrogen) atoms. The number of anilines is 1. The normalized spacial score (nSPS) is 12.8. The first-order chi connectivity index (χ1) is 12.5. The summed E-state index contributed by atoms with van der Waals surface area (Å²) in [6, 6.07) is 9.69. The molecule has 0 aromatic heterocycles. The van der Waals surface area contributed by atoms with E-state index in [1.807, 2.05) is 0 Å². The Kier molecular flexibility index (Phi) is 5.85. The van der Waals surface area contributed by atoms with Gasteiger partial charge in [-0.05, 0) is 24.3 Å². The number of hydrogen-bond donors (Lipinski definition) is 1. The van der Waals surface area contributed by atoms with Gasteiger partial charge in [-0.1, -0.05) is 29.3 Å². The van der Waals surface area contributed by atoms with Gasteiger partial charge in [-0.15, -0.1) is 0 Å². The molecule has 0 radical (unpaired) electrons. The maximum absolute atomic E-state index is 12.1. The Hall–Kier alpha value is -2.44. The summed E-state index contributed by atoms with van der Waals surface area (Å²) in [6.07, 6.45) is 0.789. The second kappa shape index (κ2) is 8.29. The van der Waals surface area contributed by atoms with Gasteiger partial charge in [0.1, 0.15) is 0 Å². The second-order valence-electron chi connectivity index (χ2n) is 5.43. The van der Waals surface area contributed by atoms with Crippen molar-refractivity contribution in [1.29, 1.82) is 0 Å². The van der Waals surface area contributed by atoms with Crippen molar-refractivity contribution in [3.63, 3.8) is 0 Å². The first-order valence-corrected chi connectivity index (χ1v) is 8.61. The van der Waals surface area contributed by atoms with Crippen LogP contribution in [-0.4, -0.2) is 31.7 Å². The Morgan fingerprint density at radius 3 is 2.46 bits per heavy atom. The standard InChI is InChI=1S/C18H15Cl2NO5/c19-12-3-1-4-13(20)17(12)18(23)26-10-16(22)21-11-5-6-14-15(9-11)25-8-2-7-24-14/h1,3-6,9H,2,7-8,10H2,(H,21,22). The number of esters is 1. The summed E-state index contributed by atoms with van der Waals surface area (Å²) in [4.78, 5) is 24.1. The zero-order chi connectivity index (χ0) is 18.5. The smallest absolute Gasteiger partial charge is 0.341 e. The maximum Gasteiger partial charge on any atom is 0.341 e. The molecule has 3 rings (SSSR count). The highest BCUT2D eigenvalue weighted by atomic mass is 35.5. The topological polar surface area (TPSA) is 73.9 Å². The van der Waals surface area contributed by atoms with Crippen LogP contribution in [0.25, 0.3) is 0 Å². The molecular weight excluding hydrogens is 381 g/mol. The van der Waals surface area contributed by atoms with Crippen molar-refractivity contribution in [1.82, 2.24) is 0 Å². The van der Waals surface area contributed by atoms with Gasteiger partial charge < -0.3 is 19.5 Å². The summed E-state index contributed by atoms with van der Waals surface area (Å²) in [6.45, 7) is 0.648. The van der Waals surface area contributed by atoms with Crippen molar-refractivity contribution in [2.75, 3.05) is 25.1 Å². The van der Waals surface area contributed by atoms with E-state index < -0.39 is 18.5 Å². The van der Waals surface area contributed by atoms with E-state index in [1.165, 1.54) is 12.1 Å². The SMILES string of the molecule is O=C(COC(=O)c1c(Cl)cccc1Cl)Nc1ccc2c(c1)OCCCO2. The summed E-state index contributed by atoms with van der Waals surface area (Å²) in [5, 5.41) is 2.95. The average Bonchev–Trinajstić information content (AvgIpc) is 2.85. The zero-order valence-corrected chi connectivity index (χ0v) is 15.1. The number of halogens is 2. The van der Waals surface area contributed by atoms with Gasteiger partial charge in [0, 0.05) is 18.2 Å². The van der Waals surface area contributed by atoms with Crippen molar-refractivity contribution >= 4 is 40.8 Å². The van der Waals surface area contributed by atoms with E-state index in [0.29, 0.717) is 30.4 Å². The lowest BCUT2D eigenvalue weighted by Crippen LogP contribution is -2.21. The van der Waals surface area contributed by atoms with Crippen molar-refractivity contribution in [3.05, 3.63) is 52.0 Å². The molecule has 136 valence electrons.